The van der Waals surface area contributed by atoms with Gasteiger partial charge in [-0.15, -0.1) is 0 Å². The molecular formula is C16H22N2S. The second kappa shape index (κ2) is 5.59. The molecule has 0 bridgehead atoms. The van der Waals surface area contributed by atoms with Crippen LogP contribution < -0.4 is 5.73 Å². The lowest BCUT2D eigenvalue weighted by Crippen LogP contribution is -2.24. The van der Waals surface area contributed by atoms with Crippen LogP contribution in [0.4, 0.5) is 0 Å². The molecule has 1 saturated heterocycles. The van der Waals surface area contributed by atoms with Crippen LogP contribution in [0.1, 0.15) is 29.9 Å². The van der Waals surface area contributed by atoms with Gasteiger partial charge in [-0.05, 0) is 61.4 Å². The Morgan fingerprint density at radius 3 is 2.89 bits per heavy atom. The van der Waals surface area contributed by atoms with Crippen LogP contribution in [0.25, 0.3) is 10.9 Å². The van der Waals surface area contributed by atoms with E-state index in [0.717, 1.165) is 12.5 Å². The van der Waals surface area contributed by atoms with Crippen molar-refractivity contribution in [1.29, 1.82) is 0 Å². The number of benzene rings is 1. The molecule has 2 nitrogen and oxygen atoms in total. The van der Waals surface area contributed by atoms with E-state index in [4.69, 9.17) is 5.73 Å². The predicted molar refractivity (Wildman–Crippen MR) is 84.9 cm³/mol. The van der Waals surface area contributed by atoms with Crippen LogP contribution >= 0.6 is 11.8 Å². The van der Waals surface area contributed by atoms with E-state index < -0.39 is 0 Å². The number of fused-ring (bicyclic) bond motifs is 1. The Morgan fingerprint density at radius 2 is 2.16 bits per heavy atom. The fourth-order valence-electron chi connectivity index (χ4n) is 3.25. The van der Waals surface area contributed by atoms with E-state index in [2.05, 4.69) is 48.1 Å². The zero-order valence-corrected chi connectivity index (χ0v) is 12.3. The first-order valence-corrected chi connectivity index (χ1v) is 8.30. The normalized spacial score (nSPS) is 18.8. The lowest BCUT2D eigenvalue weighted by Gasteiger charge is -2.29. The van der Waals surface area contributed by atoms with Gasteiger partial charge in [-0.3, -0.25) is 0 Å². The highest BCUT2D eigenvalue weighted by molar-refractivity contribution is 7.99. The summed E-state index contributed by atoms with van der Waals surface area (Å²) in [5, 5.41) is 1.37. The van der Waals surface area contributed by atoms with E-state index >= 15 is 0 Å². The number of rotatable bonds is 3. The molecule has 102 valence electrons. The van der Waals surface area contributed by atoms with Crippen LogP contribution in [-0.4, -0.2) is 23.0 Å². The average Bonchev–Trinajstić information content (AvgIpc) is 2.84. The highest BCUT2D eigenvalue weighted by atomic mass is 32.2. The summed E-state index contributed by atoms with van der Waals surface area (Å²) in [5.74, 6) is 3.85. The van der Waals surface area contributed by atoms with Gasteiger partial charge >= 0.3 is 0 Å². The number of nitrogens with one attached hydrogen (secondary N) is 1. The van der Waals surface area contributed by atoms with Crippen molar-refractivity contribution in [3.05, 3.63) is 35.5 Å². The zero-order valence-electron chi connectivity index (χ0n) is 11.5. The van der Waals surface area contributed by atoms with E-state index in [1.807, 2.05) is 0 Å². The van der Waals surface area contributed by atoms with E-state index in [1.165, 1.54) is 46.4 Å². The number of aromatic nitrogens is 1. The topological polar surface area (TPSA) is 41.8 Å². The van der Waals surface area contributed by atoms with Gasteiger partial charge in [0.15, 0.2) is 0 Å². The van der Waals surface area contributed by atoms with Gasteiger partial charge < -0.3 is 10.7 Å². The number of hydrogen-bond acceptors (Lipinski definition) is 2. The highest BCUT2D eigenvalue weighted by Crippen LogP contribution is 2.37. The summed E-state index contributed by atoms with van der Waals surface area (Å²) in [4.78, 5) is 3.41. The quantitative estimate of drug-likeness (QED) is 0.897. The van der Waals surface area contributed by atoms with Crippen LogP contribution in [0.2, 0.25) is 0 Å². The fourth-order valence-corrected chi connectivity index (χ4v) is 4.40. The van der Waals surface area contributed by atoms with Crippen LogP contribution in [0.15, 0.2) is 24.4 Å². The standard InChI is InChI=1S/C16H22N2S/c1-11-2-3-16-13(8-11)15(10-18-16)14(9-17)12-4-6-19-7-5-12/h2-3,8,10,12,14,18H,4-7,9,17H2,1H3. The summed E-state index contributed by atoms with van der Waals surface area (Å²) >= 11 is 2.08. The Bertz CT molecular complexity index is 555. The third kappa shape index (κ3) is 2.54. The molecule has 1 aromatic heterocycles. The lowest BCUT2D eigenvalue weighted by atomic mass is 9.82. The number of nitrogens with two attached hydrogens (primary N) is 1. The molecule has 3 heteroatoms. The molecule has 0 spiro atoms. The molecule has 1 aromatic carbocycles. The zero-order chi connectivity index (χ0) is 13.2. The third-order valence-corrected chi connectivity index (χ3v) is 5.41. The number of thioether (sulfide) groups is 1. The Kier molecular flexibility index (Phi) is 3.85. The Balaban J connectivity index is 1.98. The maximum Gasteiger partial charge on any atom is 0.0457 e. The molecule has 19 heavy (non-hydrogen) atoms. The molecule has 3 N–H and O–H groups in total. The van der Waals surface area contributed by atoms with Gasteiger partial charge in [-0.1, -0.05) is 11.6 Å². The molecule has 0 saturated carbocycles. The summed E-state index contributed by atoms with van der Waals surface area (Å²) in [6.45, 7) is 2.92. The van der Waals surface area contributed by atoms with Crippen LogP contribution in [-0.2, 0) is 0 Å². The molecule has 0 aliphatic carbocycles. The molecule has 2 aromatic rings. The monoisotopic (exact) mass is 274 g/mol. The van der Waals surface area contributed by atoms with Crippen LogP contribution in [0.5, 0.6) is 0 Å². The molecule has 0 amide bonds. The van der Waals surface area contributed by atoms with Gasteiger partial charge in [0.1, 0.15) is 0 Å². The molecule has 1 aliphatic rings. The van der Waals surface area contributed by atoms with E-state index in [0.29, 0.717) is 5.92 Å². The Labute approximate surface area is 119 Å². The minimum atomic E-state index is 0.511. The van der Waals surface area contributed by atoms with E-state index in [1.54, 1.807) is 0 Å². The predicted octanol–water partition coefficient (Wildman–Crippen LogP) is 3.66. The fraction of sp³-hybridized carbons (Fsp3) is 0.500. The van der Waals surface area contributed by atoms with Gasteiger partial charge in [-0.2, -0.15) is 11.8 Å². The first kappa shape index (κ1) is 13.1. The third-order valence-electron chi connectivity index (χ3n) is 4.36. The second-order valence-corrected chi connectivity index (χ2v) is 6.81. The van der Waals surface area contributed by atoms with Crippen molar-refractivity contribution in [2.45, 2.75) is 25.7 Å². The van der Waals surface area contributed by atoms with E-state index in [-0.39, 0.29) is 0 Å². The van der Waals surface area contributed by atoms with Gasteiger partial charge in [0, 0.05) is 23.0 Å². The van der Waals surface area contributed by atoms with E-state index in [9.17, 15) is 0 Å². The summed E-state index contributed by atoms with van der Waals surface area (Å²) in [6.07, 6.45) is 4.80. The SMILES string of the molecule is Cc1ccc2[nH]cc(C(CN)C3CCSCC3)c2c1. The van der Waals surface area contributed by atoms with Crippen molar-refractivity contribution in [3.8, 4) is 0 Å². The van der Waals surface area contributed by atoms with Crippen LogP contribution in [0, 0.1) is 12.8 Å². The van der Waals surface area contributed by atoms with Crippen molar-refractivity contribution in [2.24, 2.45) is 11.7 Å². The molecular weight excluding hydrogens is 252 g/mol. The molecule has 3 rings (SSSR count). The summed E-state index contributed by atoms with van der Waals surface area (Å²) < 4.78 is 0. The summed E-state index contributed by atoms with van der Waals surface area (Å²) in [7, 11) is 0. The smallest absolute Gasteiger partial charge is 0.0457 e. The number of H-pyrrole nitrogens is 1. The first-order chi connectivity index (χ1) is 9.29. The average molecular weight is 274 g/mol. The maximum atomic E-state index is 6.10. The molecule has 1 atom stereocenters. The van der Waals surface area contributed by atoms with Crippen molar-refractivity contribution in [2.75, 3.05) is 18.1 Å². The Hall–Kier alpha value is -0.930. The number of aromatic amines is 1. The molecule has 2 heterocycles. The number of aryl methyl sites for hydroxylation is 1. The van der Waals surface area contributed by atoms with Crippen molar-refractivity contribution < 1.29 is 0 Å². The van der Waals surface area contributed by atoms with Gasteiger partial charge in [0.2, 0.25) is 0 Å². The van der Waals surface area contributed by atoms with Gasteiger partial charge in [-0.25, -0.2) is 0 Å². The molecule has 1 fully saturated rings. The highest BCUT2D eigenvalue weighted by Gasteiger charge is 2.26. The van der Waals surface area contributed by atoms with Crippen molar-refractivity contribution in [1.82, 2.24) is 4.98 Å². The molecule has 1 aliphatic heterocycles. The second-order valence-electron chi connectivity index (χ2n) is 5.59. The summed E-state index contributed by atoms with van der Waals surface area (Å²) in [5.41, 5.74) is 10.1. The van der Waals surface area contributed by atoms with Gasteiger partial charge in [0.25, 0.3) is 0 Å². The minimum Gasteiger partial charge on any atom is -0.361 e. The van der Waals surface area contributed by atoms with Crippen LogP contribution in [0.3, 0.4) is 0 Å². The lowest BCUT2D eigenvalue weighted by molar-refractivity contribution is 0.402. The molecule has 0 radical (unpaired) electrons. The maximum absolute atomic E-state index is 6.10. The van der Waals surface area contributed by atoms with Gasteiger partial charge in [0.05, 0.1) is 0 Å². The first-order valence-electron chi connectivity index (χ1n) is 7.15. The molecule has 1 unspecified atom stereocenters. The van der Waals surface area contributed by atoms with Crippen molar-refractivity contribution in [3.63, 3.8) is 0 Å². The number of hydrogen-bond donors (Lipinski definition) is 2. The summed E-state index contributed by atoms with van der Waals surface area (Å²) in [6, 6.07) is 6.64. The van der Waals surface area contributed by atoms with Crippen molar-refractivity contribution >= 4 is 22.7 Å². The largest absolute Gasteiger partial charge is 0.361 e. The Morgan fingerprint density at radius 1 is 1.37 bits per heavy atom. The minimum absolute atomic E-state index is 0.511.